The van der Waals surface area contributed by atoms with Gasteiger partial charge in [0.1, 0.15) is 17.2 Å². The summed E-state index contributed by atoms with van der Waals surface area (Å²) in [6, 6.07) is 2.18. The van der Waals surface area contributed by atoms with Gasteiger partial charge in [-0.05, 0) is 43.5 Å². The molecule has 2 rings (SSSR count). The van der Waals surface area contributed by atoms with Gasteiger partial charge in [0.25, 0.3) is 5.91 Å². The van der Waals surface area contributed by atoms with Crippen LogP contribution in [0.15, 0.2) is 16.6 Å². The number of carbonyl (C=O) groups is 1. The van der Waals surface area contributed by atoms with Crippen molar-refractivity contribution in [3.63, 3.8) is 0 Å². The van der Waals surface area contributed by atoms with Gasteiger partial charge in [-0.15, -0.1) is 12.4 Å². The fraction of sp³-hybridized carbons (Fsp3) is 0.500. The molecule has 3 nitrogen and oxygen atoms in total. The predicted molar refractivity (Wildman–Crippen MR) is 83.8 cm³/mol. The normalized spacial score (nSPS) is 17.0. The van der Waals surface area contributed by atoms with Gasteiger partial charge in [-0.25, -0.2) is 8.78 Å². The second-order valence-electron chi connectivity index (χ2n) is 5.49. The second kappa shape index (κ2) is 7.51. The van der Waals surface area contributed by atoms with Crippen LogP contribution < -0.4 is 10.6 Å². The lowest BCUT2D eigenvalue weighted by Crippen LogP contribution is -2.43. The number of piperidine rings is 1. The number of halogens is 4. The molecule has 1 aliphatic heterocycles. The zero-order valence-electron chi connectivity index (χ0n) is 11.6. The number of carbonyl (C=O) groups excluding carboxylic acids is 1. The fourth-order valence-electron chi connectivity index (χ4n) is 2.35. The van der Waals surface area contributed by atoms with Crippen molar-refractivity contribution in [1.29, 1.82) is 0 Å². The Morgan fingerprint density at radius 1 is 1.33 bits per heavy atom. The third-order valence-electron chi connectivity index (χ3n) is 3.72. The number of amides is 1. The molecule has 1 aromatic rings. The molecule has 0 aliphatic carbocycles. The molecule has 118 valence electrons. The van der Waals surface area contributed by atoms with E-state index in [0.29, 0.717) is 6.54 Å². The maximum absolute atomic E-state index is 13.7. The molecule has 1 aromatic carbocycles. The summed E-state index contributed by atoms with van der Waals surface area (Å²) in [5.41, 5.74) is -0.547. The van der Waals surface area contributed by atoms with Crippen molar-refractivity contribution >= 4 is 34.2 Å². The molecule has 21 heavy (non-hydrogen) atoms. The number of nitrogens with one attached hydrogen (secondary N) is 2. The van der Waals surface area contributed by atoms with Crippen molar-refractivity contribution in [2.45, 2.75) is 19.8 Å². The van der Waals surface area contributed by atoms with Crippen LogP contribution in [0.2, 0.25) is 0 Å². The van der Waals surface area contributed by atoms with Crippen LogP contribution in [0, 0.1) is 17.0 Å². The van der Waals surface area contributed by atoms with Crippen LogP contribution in [0.5, 0.6) is 0 Å². The lowest BCUT2D eigenvalue weighted by molar-refractivity contribution is 0.0913. The van der Waals surface area contributed by atoms with Crippen molar-refractivity contribution in [1.82, 2.24) is 10.6 Å². The van der Waals surface area contributed by atoms with Gasteiger partial charge in [0.2, 0.25) is 0 Å². The third-order valence-corrected chi connectivity index (χ3v) is 4.18. The van der Waals surface area contributed by atoms with Crippen LogP contribution in [0.1, 0.15) is 30.1 Å². The van der Waals surface area contributed by atoms with Gasteiger partial charge < -0.3 is 10.6 Å². The highest BCUT2D eigenvalue weighted by Gasteiger charge is 2.28. The van der Waals surface area contributed by atoms with E-state index in [4.69, 9.17) is 0 Å². The average Bonchev–Trinajstić information content (AvgIpc) is 2.36. The standard InChI is InChI=1S/C14H17BrF2N2O.ClH/c1-14(2-4-18-5-3-14)8-19-13(20)12-10(16)6-9(15)7-11(12)17;/h6-7,18H,2-5,8H2,1H3,(H,19,20);1H. The maximum atomic E-state index is 13.7. The van der Waals surface area contributed by atoms with E-state index in [1.54, 1.807) is 0 Å². The molecule has 2 N–H and O–H groups in total. The topological polar surface area (TPSA) is 41.1 Å². The van der Waals surface area contributed by atoms with Crippen molar-refractivity contribution in [3.8, 4) is 0 Å². The number of hydrogen-bond acceptors (Lipinski definition) is 2. The van der Waals surface area contributed by atoms with Crippen LogP contribution in [-0.2, 0) is 0 Å². The van der Waals surface area contributed by atoms with E-state index in [1.165, 1.54) is 0 Å². The highest BCUT2D eigenvalue weighted by molar-refractivity contribution is 9.10. The minimum atomic E-state index is -0.857. The quantitative estimate of drug-likeness (QED) is 0.841. The van der Waals surface area contributed by atoms with E-state index in [9.17, 15) is 13.6 Å². The summed E-state index contributed by atoms with van der Waals surface area (Å²) in [5, 5.41) is 5.89. The van der Waals surface area contributed by atoms with E-state index in [1.807, 2.05) is 0 Å². The third kappa shape index (κ3) is 4.63. The second-order valence-corrected chi connectivity index (χ2v) is 6.40. The summed E-state index contributed by atoms with van der Waals surface area (Å²) >= 11 is 2.99. The molecule has 0 atom stereocenters. The Labute approximate surface area is 137 Å². The summed E-state index contributed by atoms with van der Waals surface area (Å²) in [7, 11) is 0. The first-order valence-corrected chi connectivity index (χ1v) is 7.34. The summed E-state index contributed by atoms with van der Waals surface area (Å²) in [4.78, 5) is 12.0. The molecule has 1 heterocycles. The number of benzene rings is 1. The molecular formula is C14H18BrClF2N2O. The Kier molecular flexibility index (Phi) is 6.56. The SMILES string of the molecule is CC1(CNC(=O)c2c(F)cc(Br)cc2F)CCNCC1.Cl. The van der Waals surface area contributed by atoms with Crippen molar-refractivity contribution < 1.29 is 13.6 Å². The Hall–Kier alpha value is -0.720. The summed E-state index contributed by atoms with van der Waals surface area (Å²) in [5.74, 6) is -2.41. The number of rotatable bonds is 3. The van der Waals surface area contributed by atoms with Crippen LogP contribution in [0.25, 0.3) is 0 Å². The van der Waals surface area contributed by atoms with E-state index in [2.05, 4.69) is 33.5 Å². The van der Waals surface area contributed by atoms with Gasteiger partial charge in [-0.3, -0.25) is 4.79 Å². The van der Waals surface area contributed by atoms with Gasteiger partial charge in [0, 0.05) is 11.0 Å². The monoisotopic (exact) mass is 382 g/mol. The van der Waals surface area contributed by atoms with Gasteiger partial charge in [-0.2, -0.15) is 0 Å². The van der Waals surface area contributed by atoms with E-state index < -0.39 is 23.1 Å². The Balaban J connectivity index is 0.00000220. The Morgan fingerprint density at radius 2 is 1.86 bits per heavy atom. The predicted octanol–water partition coefficient (Wildman–Crippen LogP) is 3.27. The molecule has 1 fully saturated rings. The minimum Gasteiger partial charge on any atom is -0.351 e. The Bertz CT molecular complexity index is 499. The van der Waals surface area contributed by atoms with Crippen LogP contribution in [0.3, 0.4) is 0 Å². The molecule has 1 saturated heterocycles. The highest BCUT2D eigenvalue weighted by atomic mass is 79.9. The molecule has 7 heteroatoms. The largest absolute Gasteiger partial charge is 0.351 e. The fourth-order valence-corrected chi connectivity index (χ4v) is 2.75. The average molecular weight is 384 g/mol. The van der Waals surface area contributed by atoms with Gasteiger partial charge in [0.05, 0.1) is 0 Å². The maximum Gasteiger partial charge on any atom is 0.257 e. The first-order chi connectivity index (χ1) is 9.41. The van der Waals surface area contributed by atoms with E-state index in [0.717, 1.165) is 38.1 Å². The van der Waals surface area contributed by atoms with Crippen LogP contribution in [0.4, 0.5) is 8.78 Å². The van der Waals surface area contributed by atoms with Crippen molar-refractivity contribution in [3.05, 3.63) is 33.8 Å². The zero-order chi connectivity index (χ0) is 14.8. The molecule has 1 aliphatic rings. The van der Waals surface area contributed by atoms with Crippen molar-refractivity contribution in [2.24, 2.45) is 5.41 Å². The first-order valence-electron chi connectivity index (χ1n) is 6.55. The Morgan fingerprint density at radius 3 is 2.38 bits per heavy atom. The highest BCUT2D eigenvalue weighted by Crippen LogP contribution is 2.27. The van der Waals surface area contributed by atoms with Gasteiger partial charge >= 0.3 is 0 Å². The summed E-state index contributed by atoms with van der Waals surface area (Å²) in [6.45, 7) is 4.28. The molecule has 0 unspecified atom stereocenters. The lowest BCUT2D eigenvalue weighted by atomic mass is 9.81. The van der Waals surface area contributed by atoms with E-state index in [-0.39, 0.29) is 22.3 Å². The molecule has 0 aromatic heterocycles. The molecule has 0 radical (unpaired) electrons. The van der Waals surface area contributed by atoms with Gasteiger partial charge in [-0.1, -0.05) is 22.9 Å². The first kappa shape index (κ1) is 18.3. The molecule has 0 bridgehead atoms. The summed E-state index contributed by atoms with van der Waals surface area (Å²) in [6.07, 6.45) is 1.86. The van der Waals surface area contributed by atoms with Crippen LogP contribution in [-0.4, -0.2) is 25.5 Å². The smallest absolute Gasteiger partial charge is 0.257 e. The summed E-state index contributed by atoms with van der Waals surface area (Å²) < 4.78 is 27.6. The zero-order valence-corrected chi connectivity index (χ0v) is 14.0. The van der Waals surface area contributed by atoms with Crippen molar-refractivity contribution in [2.75, 3.05) is 19.6 Å². The minimum absolute atomic E-state index is 0. The molecule has 0 spiro atoms. The van der Waals surface area contributed by atoms with Crippen LogP contribution >= 0.6 is 28.3 Å². The van der Waals surface area contributed by atoms with Gasteiger partial charge in [0.15, 0.2) is 0 Å². The number of hydrogen-bond donors (Lipinski definition) is 2. The van der Waals surface area contributed by atoms with E-state index >= 15 is 0 Å². The lowest BCUT2D eigenvalue weighted by Gasteiger charge is -2.34. The molecule has 0 saturated carbocycles. The molecule has 1 amide bonds. The molecular weight excluding hydrogens is 366 g/mol.